The highest BCUT2D eigenvalue weighted by molar-refractivity contribution is 7.89. The number of rotatable bonds is 9. The Morgan fingerprint density at radius 1 is 1.18 bits per heavy atom. The molecule has 0 radical (unpaired) electrons. The second-order valence-electron chi connectivity index (χ2n) is 9.96. The van der Waals surface area contributed by atoms with E-state index in [-0.39, 0.29) is 22.2 Å². The van der Waals surface area contributed by atoms with E-state index in [1.54, 1.807) is 48.7 Å². The van der Waals surface area contributed by atoms with Gasteiger partial charge in [0.1, 0.15) is 11.6 Å². The Bertz CT molecular complexity index is 1640. The summed E-state index contributed by atoms with van der Waals surface area (Å²) in [5, 5.41) is 15.4. The highest BCUT2D eigenvalue weighted by Crippen LogP contribution is 2.35. The van der Waals surface area contributed by atoms with E-state index in [9.17, 15) is 18.3 Å². The van der Waals surface area contributed by atoms with Crippen molar-refractivity contribution in [3.05, 3.63) is 76.0 Å². The van der Waals surface area contributed by atoms with Crippen LogP contribution < -0.4 is 15.0 Å². The molecule has 2 aromatic carbocycles. The number of fused-ring (bicyclic) bond motifs is 1. The van der Waals surface area contributed by atoms with Crippen LogP contribution in [0.5, 0.6) is 5.75 Å². The van der Waals surface area contributed by atoms with E-state index in [1.165, 1.54) is 12.1 Å². The number of ether oxygens (including phenoxy) is 1. The molecule has 0 bridgehead atoms. The zero-order chi connectivity index (χ0) is 27.7. The zero-order valence-corrected chi connectivity index (χ0v) is 23.0. The molecule has 2 heterocycles. The van der Waals surface area contributed by atoms with E-state index in [4.69, 9.17) is 9.84 Å². The van der Waals surface area contributed by atoms with Gasteiger partial charge in [-0.3, -0.25) is 4.79 Å². The number of nitrogens with zero attached hydrogens (tertiary/aromatic N) is 3. The van der Waals surface area contributed by atoms with Gasteiger partial charge < -0.3 is 14.8 Å². The van der Waals surface area contributed by atoms with Gasteiger partial charge in [0, 0.05) is 12.0 Å². The molecule has 0 spiro atoms. The van der Waals surface area contributed by atoms with Crippen molar-refractivity contribution in [1.82, 2.24) is 24.3 Å². The maximum Gasteiger partial charge on any atom is 0.277 e. The van der Waals surface area contributed by atoms with Gasteiger partial charge in [0.25, 0.3) is 5.56 Å². The average molecular weight is 552 g/mol. The largest absolute Gasteiger partial charge is 0.493 e. The van der Waals surface area contributed by atoms with Gasteiger partial charge in [-0.15, -0.1) is 5.10 Å². The second kappa shape index (κ2) is 10.9. The topological polar surface area (TPSA) is 139 Å². The van der Waals surface area contributed by atoms with Crippen LogP contribution in [0.25, 0.3) is 16.9 Å². The molecule has 39 heavy (non-hydrogen) atoms. The molecule has 0 saturated heterocycles. The van der Waals surface area contributed by atoms with Gasteiger partial charge in [-0.25, -0.2) is 22.6 Å². The normalized spacial score (nSPS) is 16.0. The number of aliphatic hydroxyl groups is 1. The molecule has 4 aromatic rings. The minimum absolute atomic E-state index is 0.0476. The highest BCUT2D eigenvalue weighted by Gasteiger charge is 2.27. The summed E-state index contributed by atoms with van der Waals surface area (Å²) in [4.78, 5) is 20.6. The minimum Gasteiger partial charge on any atom is -0.493 e. The molecule has 206 valence electrons. The smallest absolute Gasteiger partial charge is 0.277 e. The monoisotopic (exact) mass is 551 g/mol. The number of hydrogen-bond acceptors (Lipinski definition) is 7. The number of aliphatic hydroxyl groups excluding tert-OH is 1. The Morgan fingerprint density at radius 3 is 2.59 bits per heavy atom. The molecule has 2 unspecified atom stereocenters. The van der Waals surface area contributed by atoms with Crippen molar-refractivity contribution in [1.29, 1.82) is 0 Å². The van der Waals surface area contributed by atoms with Crippen LogP contribution in [0.1, 0.15) is 68.6 Å². The lowest BCUT2D eigenvalue weighted by atomic mass is 10.0. The number of aromatic nitrogens is 4. The summed E-state index contributed by atoms with van der Waals surface area (Å²) in [6.07, 6.45) is 3.14. The first-order valence-corrected chi connectivity index (χ1v) is 14.7. The fourth-order valence-corrected chi connectivity index (χ4v) is 6.50. The van der Waals surface area contributed by atoms with Crippen LogP contribution in [-0.2, 0) is 10.0 Å². The summed E-state index contributed by atoms with van der Waals surface area (Å²) in [7, 11) is -4.05. The lowest BCUT2D eigenvalue weighted by molar-refractivity contribution is 0.146. The number of sulfonamides is 1. The first kappa shape index (κ1) is 27.0. The summed E-state index contributed by atoms with van der Waals surface area (Å²) >= 11 is 0. The minimum atomic E-state index is -4.05. The predicted molar refractivity (Wildman–Crippen MR) is 147 cm³/mol. The molecule has 0 amide bonds. The van der Waals surface area contributed by atoms with Crippen LogP contribution in [-0.4, -0.2) is 45.8 Å². The summed E-state index contributed by atoms with van der Waals surface area (Å²) in [6.45, 7) is 5.55. The number of hydrogen-bond donors (Lipinski definition) is 3. The fraction of sp³-hybridized carbons (Fsp3) is 0.393. The van der Waals surface area contributed by atoms with Gasteiger partial charge in [0.15, 0.2) is 11.3 Å². The molecule has 2 aromatic heterocycles. The third-order valence-corrected chi connectivity index (χ3v) is 8.75. The molecule has 1 aliphatic carbocycles. The molecule has 11 heteroatoms. The van der Waals surface area contributed by atoms with E-state index in [0.29, 0.717) is 34.7 Å². The lowest BCUT2D eigenvalue weighted by Gasteiger charge is -2.21. The van der Waals surface area contributed by atoms with Crippen LogP contribution in [0.15, 0.2) is 58.2 Å². The van der Waals surface area contributed by atoms with Crippen LogP contribution in [0.3, 0.4) is 0 Å². The Morgan fingerprint density at radius 2 is 1.90 bits per heavy atom. The van der Waals surface area contributed by atoms with Gasteiger partial charge in [0.05, 0.1) is 28.9 Å². The maximum atomic E-state index is 13.4. The molecule has 1 aliphatic rings. The zero-order valence-electron chi connectivity index (χ0n) is 22.2. The van der Waals surface area contributed by atoms with Gasteiger partial charge in [0.2, 0.25) is 10.0 Å². The van der Waals surface area contributed by atoms with Crippen molar-refractivity contribution < 1.29 is 18.3 Å². The van der Waals surface area contributed by atoms with Gasteiger partial charge >= 0.3 is 0 Å². The van der Waals surface area contributed by atoms with Crippen LogP contribution in [0.4, 0.5) is 0 Å². The van der Waals surface area contributed by atoms with Gasteiger partial charge in [-0.05, 0) is 57.4 Å². The van der Waals surface area contributed by atoms with Crippen molar-refractivity contribution in [3.8, 4) is 17.1 Å². The van der Waals surface area contributed by atoms with Crippen molar-refractivity contribution in [2.24, 2.45) is 0 Å². The van der Waals surface area contributed by atoms with Gasteiger partial charge in [-0.2, -0.15) is 0 Å². The molecule has 2 atom stereocenters. The third kappa shape index (κ3) is 5.34. The number of H-pyrrole nitrogens is 1. The molecule has 5 rings (SSSR count). The summed E-state index contributed by atoms with van der Waals surface area (Å²) < 4.78 is 36.7. The standard InChI is InChI=1S/C28H33N5O5S/c1-4-38-23-15-14-21(39(36,37)32-18(3)25(34)19-10-6-5-7-11-19)16-22(23)26-30-28(35)24-17(2)29-27(33(24)31-26)20-12-8-9-13-20/h5-7,10-11,14-16,18,20,25,32,34H,4,8-9,12-13H2,1-3H3,(H,30,31,35). The van der Waals surface area contributed by atoms with E-state index in [2.05, 4.69) is 14.7 Å². The summed E-state index contributed by atoms with van der Waals surface area (Å²) in [6, 6.07) is 12.5. The quantitative estimate of drug-likeness (QED) is 0.287. The lowest BCUT2D eigenvalue weighted by Crippen LogP contribution is -2.37. The molecular weight excluding hydrogens is 518 g/mol. The fourth-order valence-electron chi connectivity index (χ4n) is 5.22. The predicted octanol–water partition coefficient (Wildman–Crippen LogP) is 3.85. The number of aromatic amines is 1. The Hall–Kier alpha value is -3.54. The molecular formula is C28H33N5O5S. The maximum absolute atomic E-state index is 13.4. The second-order valence-corrected chi connectivity index (χ2v) is 11.7. The van der Waals surface area contributed by atoms with Crippen LogP contribution in [0, 0.1) is 6.92 Å². The van der Waals surface area contributed by atoms with Crippen molar-refractivity contribution in [2.45, 2.75) is 69.4 Å². The third-order valence-electron chi connectivity index (χ3n) is 7.19. The number of nitrogens with one attached hydrogen (secondary N) is 2. The Kier molecular flexibility index (Phi) is 7.57. The Balaban J connectivity index is 1.55. The molecule has 0 aliphatic heterocycles. The van der Waals surface area contributed by atoms with Gasteiger partial charge in [-0.1, -0.05) is 43.2 Å². The Labute approximate surface area is 227 Å². The average Bonchev–Trinajstić information content (AvgIpc) is 3.57. The van der Waals surface area contributed by atoms with Crippen LogP contribution in [0.2, 0.25) is 0 Å². The molecule has 1 fully saturated rings. The van der Waals surface area contributed by atoms with Crippen molar-refractivity contribution >= 4 is 15.5 Å². The van der Waals surface area contributed by atoms with E-state index >= 15 is 0 Å². The van der Waals surface area contributed by atoms with E-state index in [1.807, 2.05) is 13.0 Å². The molecule has 10 nitrogen and oxygen atoms in total. The van der Waals surface area contributed by atoms with Crippen molar-refractivity contribution in [3.63, 3.8) is 0 Å². The molecule has 1 saturated carbocycles. The highest BCUT2D eigenvalue weighted by atomic mass is 32.2. The van der Waals surface area contributed by atoms with E-state index in [0.717, 1.165) is 31.5 Å². The number of benzene rings is 2. The van der Waals surface area contributed by atoms with Crippen molar-refractivity contribution in [2.75, 3.05) is 6.61 Å². The first-order chi connectivity index (χ1) is 18.7. The summed E-state index contributed by atoms with van der Waals surface area (Å²) in [5.74, 6) is 1.53. The van der Waals surface area contributed by atoms with E-state index < -0.39 is 22.2 Å². The molecule has 3 N–H and O–H groups in total. The SMILES string of the molecule is CCOc1ccc(S(=O)(=O)NC(C)C(O)c2ccccc2)cc1-c1nn2c(C3CCCC3)nc(C)c2c(=O)[nH]1. The summed E-state index contributed by atoms with van der Waals surface area (Å²) in [5.41, 5.74) is 1.56. The first-order valence-electron chi connectivity index (χ1n) is 13.2. The van der Waals surface area contributed by atoms with Crippen LogP contribution >= 0.6 is 0 Å². The number of imidazole rings is 1. The number of aryl methyl sites for hydroxylation is 1.